The minimum atomic E-state index is -4.55. The molecule has 17 heteroatoms. The summed E-state index contributed by atoms with van der Waals surface area (Å²) in [6.07, 6.45) is 7.12. The van der Waals surface area contributed by atoms with Crippen molar-refractivity contribution in [2.24, 2.45) is 10.4 Å². The van der Waals surface area contributed by atoms with E-state index >= 15 is 4.39 Å². The van der Waals surface area contributed by atoms with Crippen molar-refractivity contribution < 1.29 is 36.2 Å². The number of carbonyl (C=O) groups excluding carboxylic acids is 1. The van der Waals surface area contributed by atoms with Crippen LogP contribution in [0.15, 0.2) is 82.3 Å². The molecule has 12 nitrogen and oxygen atoms in total. The van der Waals surface area contributed by atoms with E-state index in [1.807, 2.05) is 12.1 Å². The molecule has 3 aromatic carbocycles. The van der Waals surface area contributed by atoms with Crippen LogP contribution in [-0.4, -0.2) is 105 Å². The van der Waals surface area contributed by atoms with Gasteiger partial charge in [0.25, 0.3) is 15.9 Å². The highest BCUT2D eigenvalue weighted by Gasteiger charge is 2.39. The number of rotatable bonds is 12. The molecule has 0 radical (unpaired) electrons. The second-order valence-electron chi connectivity index (χ2n) is 17.0. The number of anilines is 1. The number of aromatic amines is 1. The van der Waals surface area contributed by atoms with Gasteiger partial charge in [-0.3, -0.25) is 19.8 Å². The fraction of sp³-hybridized carbons (Fsp3) is 0.432. The van der Waals surface area contributed by atoms with Crippen LogP contribution >= 0.6 is 23.2 Å². The Balaban J connectivity index is 1.01. The number of halogens is 4. The Morgan fingerprint density at radius 1 is 1.02 bits per heavy atom. The van der Waals surface area contributed by atoms with Gasteiger partial charge in [0.1, 0.15) is 23.0 Å². The van der Waals surface area contributed by atoms with E-state index in [1.54, 1.807) is 12.1 Å². The van der Waals surface area contributed by atoms with Gasteiger partial charge in [-0.15, -0.1) is 0 Å². The van der Waals surface area contributed by atoms with Gasteiger partial charge in [0, 0.05) is 81.6 Å². The molecule has 61 heavy (non-hydrogen) atoms. The van der Waals surface area contributed by atoms with Crippen LogP contribution in [0.5, 0.6) is 11.5 Å². The number of hydrogen-bond donors (Lipinski definition) is 2. The zero-order valence-electron chi connectivity index (χ0n) is 34.0. The van der Waals surface area contributed by atoms with Crippen molar-refractivity contribution >= 4 is 67.5 Å². The number of amides is 1. The van der Waals surface area contributed by atoms with Gasteiger partial charge in [-0.1, -0.05) is 54.8 Å². The number of nitrogens with zero attached hydrogens (tertiary/aromatic N) is 4. The smallest absolute Gasteiger partial charge is 0.268 e. The highest BCUT2D eigenvalue weighted by Crippen LogP contribution is 2.44. The fourth-order valence-corrected chi connectivity index (χ4v) is 9.74. The molecule has 3 aliphatic heterocycles. The van der Waals surface area contributed by atoms with Gasteiger partial charge in [-0.25, -0.2) is 21.9 Å². The van der Waals surface area contributed by atoms with E-state index in [4.69, 9.17) is 37.4 Å². The van der Waals surface area contributed by atoms with Gasteiger partial charge in [-0.2, -0.15) is 5.10 Å². The molecular weight excluding hydrogens is 849 g/mol. The molecule has 0 bridgehead atoms. The van der Waals surface area contributed by atoms with Crippen LogP contribution in [0, 0.1) is 11.2 Å². The lowest BCUT2D eigenvalue weighted by Gasteiger charge is -2.39. The maximum atomic E-state index is 15.3. The highest BCUT2D eigenvalue weighted by molar-refractivity contribution is 7.94. The van der Waals surface area contributed by atoms with Crippen molar-refractivity contribution in [3.8, 4) is 11.5 Å². The van der Waals surface area contributed by atoms with E-state index in [0.29, 0.717) is 29.0 Å². The predicted molar refractivity (Wildman–Crippen MR) is 233 cm³/mol. The zero-order chi connectivity index (χ0) is 43.0. The third-order valence-corrected chi connectivity index (χ3v) is 13.8. The average Bonchev–Trinajstić information content (AvgIpc) is 3.70. The number of fused-ring (bicyclic) bond motifs is 1. The summed E-state index contributed by atoms with van der Waals surface area (Å²) in [5, 5.41) is 6.05. The van der Waals surface area contributed by atoms with E-state index < -0.39 is 39.1 Å². The molecule has 2 saturated heterocycles. The molecular formula is C44H48Cl2F2N6O6S. The Bertz CT molecular complexity index is 2500. The Morgan fingerprint density at radius 3 is 2.52 bits per heavy atom. The van der Waals surface area contributed by atoms with Crippen LogP contribution in [0.2, 0.25) is 5.02 Å². The Labute approximate surface area is 364 Å². The Hall–Kier alpha value is -4.38. The molecule has 1 unspecified atom stereocenters. The number of H-pyrrole nitrogens is 1. The molecule has 8 rings (SSSR count). The molecule has 0 saturated carbocycles. The number of piperazine rings is 1. The maximum absolute atomic E-state index is 15.3. The summed E-state index contributed by atoms with van der Waals surface area (Å²) in [4.78, 5) is 22.3. The number of carbonyl (C=O) groups is 1. The third kappa shape index (κ3) is 10.1. The molecule has 4 aliphatic rings. The van der Waals surface area contributed by atoms with Crippen LogP contribution in [-0.2, 0) is 19.5 Å². The predicted octanol–water partition coefficient (Wildman–Crippen LogP) is 8.43. The summed E-state index contributed by atoms with van der Waals surface area (Å²) in [5.41, 5.74) is 3.54. The standard InChI is InChI=1S/C44H48Cl2F2N6O6S/c1-42(2)10-9-30(36(23-42)29-3-5-31(45)6-4-29)26-53-13-15-54(16-14-53)33-7-8-35(40(21-33)60-39-20-32(47)19-38-37(39)25-50-51-38)41(55)52-61(56,57)34-22-44(46,27-49-24-34)59-28-43(48)11-17-58-18-12-43/h3-8,19-22,25,27H,9-18,23-24,26,28H2,1-2H3,(H,50,51)(H,52,55). The molecule has 324 valence electrons. The Morgan fingerprint density at radius 2 is 1.77 bits per heavy atom. The van der Waals surface area contributed by atoms with Gasteiger partial charge in [-0.05, 0) is 72.2 Å². The second-order valence-corrected chi connectivity index (χ2v) is 19.7. The number of allylic oxidation sites excluding steroid dienone is 1. The summed E-state index contributed by atoms with van der Waals surface area (Å²) in [6, 6.07) is 15.4. The number of alkyl halides is 2. The molecule has 2 N–H and O–H groups in total. The molecule has 1 aliphatic carbocycles. The summed E-state index contributed by atoms with van der Waals surface area (Å²) in [7, 11) is -4.55. The number of benzene rings is 3. The first-order valence-electron chi connectivity index (χ1n) is 20.3. The zero-order valence-corrected chi connectivity index (χ0v) is 36.3. The molecule has 1 aromatic heterocycles. The lowest BCUT2D eigenvalue weighted by atomic mass is 9.72. The summed E-state index contributed by atoms with van der Waals surface area (Å²) in [5.74, 6) is -1.53. The van der Waals surface area contributed by atoms with E-state index in [-0.39, 0.29) is 60.0 Å². The lowest BCUT2D eigenvalue weighted by molar-refractivity contribution is -0.0669. The normalized spacial score (nSPS) is 22.0. The average molecular weight is 898 g/mol. The lowest BCUT2D eigenvalue weighted by Crippen LogP contribution is -2.47. The summed E-state index contributed by atoms with van der Waals surface area (Å²) >= 11 is 12.8. The van der Waals surface area contributed by atoms with Crippen LogP contribution in [0.4, 0.5) is 14.5 Å². The fourth-order valence-electron chi connectivity index (χ4n) is 8.23. The number of sulfonamides is 1. The minimum Gasteiger partial charge on any atom is -0.456 e. The number of aromatic nitrogens is 2. The van der Waals surface area contributed by atoms with Crippen molar-refractivity contribution in [2.45, 2.75) is 56.7 Å². The van der Waals surface area contributed by atoms with Crippen molar-refractivity contribution in [1.82, 2.24) is 19.8 Å². The highest BCUT2D eigenvalue weighted by atomic mass is 35.5. The topological polar surface area (TPSA) is 138 Å². The van der Waals surface area contributed by atoms with Gasteiger partial charge in [0.15, 0.2) is 5.06 Å². The van der Waals surface area contributed by atoms with Crippen molar-refractivity contribution in [1.29, 1.82) is 0 Å². The summed E-state index contributed by atoms with van der Waals surface area (Å²) in [6.45, 7) is 8.12. The van der Waals surface area contributed by atoms with Gasteiger partial charge >= 0.3 is 0 Å². The first kappa shape index (κ1) is 43.3. The second kappa shape index (κ2) is 17.4. The summed E-state index contributed by atoms with van der Waals surface area (Å²) < 4.78 is 76.8. The van der Waals surface area contributed by atoms with Crippen LogP contribution in [0.1, 0.15) is 61.9 Å². The van der Waals surface area contributed by atoms with Crippen molar-refractivity contribution in [2.75, 3.05) is 64.0 Å². The largest absolute Gasteiger partial charge is 0.456 e. The number of nitrogens with one attached hydrogen (secondary N) is 2. The first-order valence-corrected chi connectivity index (χ1v) is 22.6. The van der Waals surface area contributed by atoms with E-state index in [9.17, 15) is 17.6 Å². The molecule has 1 amide bonds. The van der Waals surface area contributed by atoms with E-state index in [0.717, 1.165) is 50.7 Å². The number of aliphatic imine (C=N–C) groups is 1. The van der Waals surface area contributed by atoms with Crippen LogP contribution in [0.3, 0.4) is 0 Å². The number of ether oxygens (including phenoxy) is 3. The van der Waals surface area contributed by atoms with Gasteiger partial charge < -0.3 is 19.1 Å². The van der Waals surface area contributed by atoms with E-state index in [2.05, 4.69) is 55.7 Å². The SMILES string of the molecule is CC1(C)CCC(CN2CCN(c3ccc(C(=O)NS(=O)(=O)C4=CC(Cl)(OCC5(F)CCOCC5)C=NC4)c(Oc4cc(F)cc5[nH]ncc45)c3)CC2)=C(c2ccc(Cl)cc2)C1. The molecule has 4 heterocycles. The molecule has 2 fully saturated rings. The van der Waals surface area contributed by atoms with E-state index in [1.165, 1.54) is 47.3 Å². The third-order valence-electron chi connectivity index (χ3n) is 11.8. The maximum Gasteiger partial charge on any atom is 0.268 e. The van der Waals surface area contributed by atoms with Gasteiger partial charge in [0.2, 0.25) is 0 Å². The molecule has 1 atom stereocenters. The monoisotopic (exact) mass is 896 g/mol. The van der Waals surface area contributed by atoms with Crippen molar-refractivity contribution in [3.05, 3.63) is 99.3 Å². The first-order chi connectivity index (χ1) is 29.1. The number of hydrogen-bond acceptors (Lipinski definition) is 10. The van der Waals surface area contributed by atoms with Crippen molar-refractivity contribution in [3.63, 3.8) is 0 Å². The Kier molecular flexibility index (Phi) is 12.4. The van der Waals surface area contributed by atoms with Crippen LogP contribution in [0.25, 0.3) is 16.5 Å². The quantitative estimate of drug-likeness (QED) is 0.134. The molecule has 0 spiro atoms. The minimum absolute atomic E-state index is 0.00122. The van der Waals surface area contributed by atoms with Gasteiger partial charge in [0.05, 0.1) is 46.9 Å². The van der Waals surface area contributed by atoms with Crippen LogP contribution < -0.4 is 14.4 Å². The number of dihydropyridines is 1. The molecule has 4 aromatic rings.